The Kier molecular flexibility index (Phi) is 5.59. The number of carbonyl (C=O) groups excluding carboxylic acids is 2. The quantitative estimate of drug-likeness (QED) is 0.461. The zero-order valence-electron chi connectivity index (χ0n) is 16.4. The minimum atomic E-state index is -0.458. The van der Waals surface area contributed by atoms with Crippen molar-refractivity contribution >= 4 is 40.6 Å². The molecule has 0 N–H and O–H groups in total. The summed E-state index contributed by atoms with van der Waals surface area (Å²) < 4.78 is 4.77. The van der Waals surface area contributed by atoms with E-state index in [1.807, 2.05) is 30.3 Å². The van der Waals surface area contributed by atoms with E-state index in [0.717, 1.165) is 12.1 Å². The predicted molar refractivity (Wildman–Crippen MR) is 121 cm³/mol. The lowest BCUT2D eigenvalue weighted by atomic mass is 10.0. The van der Waals surface area contributed by atoms with Crippen LogP contribution in [0.1, 0.15) is 21.5 Å². The first-order valence-electron chi connectivity index (χ1n) is 9.52. The van der Waals surface area contributed by atoms with Gasteiger partial charge in [0.25, 0.3) is 5.91 Å². The number of rotatable bonds is 5. The van der Waals surface area contributed by atoms with Crippen molar-refractivity contribution in [3.8, 4) is 0 Å². The molecule has 1 saturated heterocycles. The van der Waals surface area contributed by atoms with Gasteiger partial charge in [0, 0.05) is 5.69 Å². The largest absolute Gasteiger partial charge is 0.465 e. The third-order valence-electron chi connectivity index (χ3n) is 4.99. The van der Waals surface area contributed by atoms with Gasteiger partial charge >= 0.3 is 5.97 Å². The summed E-state index contributed by atoms with van der Waals surface area (Å²) in [5.41, 5.74) is 4.21. The van der Waals surface area contributed by atoms with Gasteiger partial charge in [-0.2, -0.15) is 0 Å². The van der Waals surface area contributed by atoms with Crippen LogP contribution in [0.4, 0.5) is 11.4 Å². The van der Waals surface area contributed by atoms with Gasteiger partial charge in [-0.3, -0.25) is 9.69 Å². The maximum Gasteiger partial charge on any atom is 0.337 e. The van der Waals surface area contributed by atoms with Crippen molar-refractivity contribution in [2.45, 2.75) is 6.42 Å². The van der Waals surface area contributed by atoms with Gasteiger partial charge in [-0.15, -0.1) is 0 Å². The number of nitrogens with zero attached hydrogens (tertiary/aromatic N) is 2. The molecule has 3 aromatic rings. The fraction of sp³-hybridized carbons (Fsp3) is 0.125. The normalized spacial score (nSPS) is 13.6. The predicted octanol–water partition coefficient (Wildman–Crippen LogP) is 4.20. The second kappa shape index (κ2) is 8.47. The van der Waals surface area contributed by atoms with Crippen molar-refractivity contribution < 1.29 is 14.3 Å². The second-order valence-corrected chi connectivity index (χ2v) is 7.33. The molecule has 0 unspecified atom stereocenters. The highest BCUT2D eigenvalue weighted by Gasteiger charge is 2.35. The highest BCUT2D eigenvalue weighted by atomic mass is 32.1. The molecule has 30 heavy (non-hydrogen) atoms. The molecule has 4 rings (SSSR count). The molecule has 6 heteroatoms. The molecule has 0 radical (unpaired) electrons. The highest BCUT2D eigenvalue weighted by Crippen LogP contribution is 2.27. The first-order valence-corrected chi connectivity index (χ1v) is 9.93. The molecule has 3 aromatic carbocycles. The van der Waals surface area contributed by atoms with Crippen LogP contribution in [0.5, 0.6) is 0 Å². The fourth-order valence-electron chi connectivity index (χ4n) is 3.47. The number of methoxy groups -OCH3 is 1. The number of thiocarbonyl (C=S) groups is 1. The number of hydrogen-bond acceptors (Lipinski definition) is 4. The number of carbonyl (C=O) groups is 2. The van der Waals surface area contributed by atoms with Crippen molar-refractivity contribution in [3.63, 3.8) is 0 Å². The highest BCUT2D eigenvalue weighted by molar-refractivity contribution is 7.81. The van der Waals surface area contributed by atoms with E-state index in [0.29, 0.717) is 16.4 Å². The molecule has 1 fully saturated rings. The van der Waals surface area contributed by atoms with Crippen LogP contribution in [-0.4, -0.2) is 30.6 Å². The molecular formula is C24H20N2O3S. The van der Waals surface area contributed by atoms with E-state index in [-0.39, 0.29) is 12.5 Å². The fourth-order valence-corrected chi connectivity index (χ4v) is 3.85. The van der Waals surface area contributed by atoms with E-state index in [4.69, 9.17) is 17.0 Å². The van der Waals surface area contributed by atoms with Gasteiger partial charge in [0.1, 0.15) is 6.54 Å². The van der Waals surface area contributed by atoms with E-state index in [2.05, 4.69) is 24.3 Å². The number of hydrogen-bond donors (Lipinski definition) is 0. The second-order valence-electron chi connectivity index (χ2n) is 6.97. The van der Waals surface area contributed by atoms with Gasteiger partial charge in [0.2, 0.25) is 0 Å². The summed E-state index contributed by atoms with van der Waals surface area (Å²) in [6, 6.07) is 25.0. The first-order chi connectivity index (χ1) is 14.6. The molecule has 150 valence electrons. The first kappa shape index (κ1) is 19.8. The van der Waals surface area contributed by atoms with E-state index in [1.54, 1.807) is 29.2 Å². The van der Waals surface area contributed by atoms with Crippen LogP contribution in [0.3, 0.4) is 0 Å². The summed E-state index contributed by atoms with van der Waals surface area (Å²) in [5, 5.41) is 0.387. The number of ether oxygens (including phenoxy) is 1. The van der Waals surface area contributed by atoms with Crippen LogP contribution >= 0.6 is 12.2 Å². The van der Waals surface area contributed by atoms with Crippen molar-refractivity contribution in [1.82, 2.24) is 0 Å². The van der Waals surface area contributed by atoms with Crippen LogP contribution < -0.4 is 9.80 Å². The van der Waals surface area contributed by atoms with Crippen LogP contribution in [0.15, 0.2) is 78.9 Å². The molecule has 1 amide bonds. The lowest BCUT2D eigenvalue weighted by molar-refractivity contribution is -0.115. The molecular weight excluding hydrogens is 396 g/mol. The van der Waals surface area contributed by atoms with Gasteiger partial charge in [0.15, 0.2) is 5.11 Å². The Bertz CT molecular complexity index is 1100. The number of amides is 1. The Labute approximate surface area is 180 Å². The van der Waals surface area contributed by atoms with E-state index in [1.165, 1.54) is 23.1 Å². The van der Waals surface area contributed by atoms with Gasteiger partial charge in [-0.1, -0.05) is 48.5 Å². The molecule has 0 aromatic heterocycles. The van der Waals surface area contributed by atoms with Crippen LogP contribution in [0, 0.1) is 0 Å². The maximum atomic E-state index is 12.7. The minimum Gasteiger partial charge on any atom is -0.465 e. The summed E-state index contributed by atoms with van der Waals surface area (Å²) in [6.07, 6.45) is 0.844. The third-order valence-corrected chi connectivity index (χ3v) is 5.39. The van der Waals surface area contributed by atoms with Crippen LogP contribution in [0.2, 0.25) is 0 Å². The Morgan fingerprint density at radius 2 is 1.63 bits per heavy atom. The standard InChI is InChI=1S/C24H20N2O3S/c1-29-23(28)19-8-5-9-21(15-19)26-22(27)16-25(24(26)30)20-12-10-18(11-13-20)14-17-6-3-2-4-7-17/h2-13,15H,14,16H2,1H3. The molecule has 0 bridgehead atoms. The van der Waals surface area contributed by atoms with E-state index >= 15 is 0 Å². The van der Waals surface area contributed by atoms with Gasteiger partial charge in [0.05, 0.1) is 18.4 Å². The third kappa shape index (κ3) is 3.95. The zero-order valence-corrected chi connectivity index (χ0v) is 17.3. The van der Waals surface area contributed by atoms with Gasteiger partial charge < -0.3 is 9.64 Å². The van der Waals surface area contributed by atoms with Crippen molar-refractivity contribution in [3.05, 3.63) is 95.6 Å². The monoisotopic (exact) mass is 416 g/mol. The molecule has 1 heterocycles. The Morgan fingerprint density at radius 1 is 0.933 bits per heavy atom. The summed E-state index contributed by atoms with van der Waals surface area (Å²) in [4.78, 5) is 27.8. The van der Waals surface area contributed by atoms with Crippen LogP contribution in [-0.2, 0) is 16.0 Å². The molecule has 5 nitrogen and oxygen atoms in total. The topological polar surface area (TPSA) is 49.9 Å². The molecule has 1 aliphatic heterocycles. The molecule has 0 aliphatic carbocycles. The summed E-state index contributed by atoms with van der Waals surface area (Å²) in [5.74, 6) is -0.601. The molecule has 0 saturated carbocycles. The average molecular weight is 417 g/mol. The summed E-state index contributed by atoms with van der Waals surface area (Å²) in [6.45, 7) is 0.152. The average Bonchev–Trinajstić information content (AvgIpc) is 3.08. The number of esters is 1. The maximum absolute atomic E-state index is 12.7. The molecule has 0 spiro atoms. The Hall–Kier alpha value is -3.51. The minimum absolute atomic E-state index is 0.143. The lowest BCUT2D eigenvalue weighted by Gasteiger charge is -2.21. The van der Waals surface area contributed by atoms with Crippen molar-refractivity contribution in [2.24, 2.45) is 0 Å². The number of benzene rings is 3. The zero-order chi connectivity index (χ0) is 21.1. The van der Waals surface area contributed by atoms with Crippen LogP contribution in [0.25, 0.3) is 0 Å². The van der Waals surface area contributed by atoms with Gasteiger partial charge in [-0.25, -0.2) is 4.79 Å². The Morgan fingerprint density at radius 3 is 2.33 bits per heavy atom. The van der Waals surface area contributed by atoms with Crippen molar-refractivity contribution in [1.29, 1.82) is 0 Å². The number of anilines is 2. The SMILES string of the molecule is COC(=O)c1cccc(N2C(=O)CN(c3ccc(Cc4ccccc4)cc3)C2=S)c1. The van der Waals surface area contributed by atoms with E-state index < -0.39 is 5.97 Å². The van der Waals surface area contributed by atoms with E-state index in [9.17, 15) is 9.59 Å². The van der Waals surface area contributed by atoms with Gasteiger partial charge in [-0.05, 0) is 60.1 Å². The van der Waals surface area contributed by atoms with Crippen molar-refractivity contribution in [2.75, 3.05) is 23.5 Å². The molecule has 1 aliphatic rings. The Balaban J connectivity index is 1.53. The summed E-state index contributed by atoms with van der Waals surface area (Å²) >= 11 is 5.59. The smallest absolute Gasteiger partial charge is 0.337 e. The lowest BCUT2D eigenvalue weighted by Crippen LogP contribution is -2.32. The summed E-state index contributed by atoms with van der Waals surface area (Å²) in [7, 11) is 1.32. The molecule has 0 atom stereocenters.